The van der Waals surface area contributed by atoms with Crippen molar-refractivity contribution in [2.45, 2.75) is 33.0 Å². The van der Waals surface area contributed by atoms with Crippen molar-refractivity contribution in [1.29, 1.82) is 5.26 Å². The number of likely N-dealkylation sites (N-methyl/N-ethyl adjacent to an activating group) is 1. The molecule has 0 aliphatic heterocycles. The Hall–Kier alpha value is -4.02. The highest BCUT2D eigenvalue weighted by atomic mass is 16.5. The normalized spacial score (nSPS) is 11.5. The minimum Gasteiger partial charge on any atom is -0.495 e. The molecule has 3 rings (SSSR count). The van der Waals surface area contributed by atoms with Crippen molar-refractivity contribution in [2.24, 2.45) is 12.8 Å². The summed E-state index contributed by atoms with van der Waals surface area (Å²) in [5.74, 6) is 6.68. The van der Waals surface area contributed by atoms with E-state index in [0.29, 0.717) is 23.8 Å². The Morgan fingerprint density at radius 3 is 2.64 bits per heavy atom. The van der Waals surface area contributed by atoms with Crippen LogP contribution in [0.3, 0.4) is 0 Å². The number of benzene rings is 1. The fourth-order valence-corrected chi connectivity index (χ4v) is 3.79. The van der Waals surface area contributed by atoms with Crippen LogP contribution in [0.4, 0.5) is 5.95 Å². The van der Waals surface area contributed by atoms with Gasteiger partial charge < -0.3 is 15.4 Å². The maximum absolute atomic E-state index is 13.6. The number of aromatic nitrogens is 4. The second kappa shape index (κ2) is 9.63. The molecule has 2 aromatic heterocycles. The molecule has 2 N–H and O–H groups in total. The van der Waals surface area contributed by atoms with E-state index < -0.39 is 11.2 Å². The highest BCUT2D eigenvalue weighted by Crippen LogP contribution is 2.22. The quantitative estimate of drug-likeness (QED) is 0.525. The lowest BCUT2D eigenvalue weighted by Gasteiger charge is -2.20. The van der Waals surface area contributed by atoms with Gasteiger partial charge in [0, 0.05) is 26.7 Å². The van der Waals surface area contributed by atoms with Crippen LogP contribution < -0.4 is 26.6 Å². The first-order chi connectivity index (χ1) is 15.7. The first kappa shape index (κ1) is 23.6. The molecule has 172 valence electrons. The largest absolute Gasteiger partial charge is 0.495 e. The predicted molar refractivity (Wildman–Crippen MR) is 126 cm³/mol. The highest BCUT2D eigenvalue weighted by molar-refractivity contribution is 5.74. The number of nitrogens with zero attached hydrogens (tertiary/aromatic N) is 6. The molecule has 0 fully saturated rings. The number of aryl methyl sites for hydroxylation is 1. The summed E-state index contributed by atoms with van der Waals surface area (Å²) in [4.78, 5) is 33.2. The molecule has 10 heteroatoms. The predicted octanol–water partition coefficient (Wildman–Crippen LogP) is 0.632. The second-order valence-electron chi connectivity index (χ2n) is 7.79. The fraction of sp³-hybridized carbons (Fsp3) is 0.391. The number of ether oxygens (including phenoxy) is 1. The molecule has 1 atom stereocenters. The number of rotatable bonds is 7. The summed E-state index contributed by atoms with van der Waals surface area (Å²) in [5, 5.41) is 9.61. The Bertz CT molecular complexity index is 1410. The summed E-state index contributed by atoms with van der Waals surface area (Å²) in [6.45, 7) is 4.23. The van der Waals surface area contributed by atoms with Crippen molar-refractivity contribution in [3.05, 3.63) is 50.2 Å². The lowest BCUT2D eigenvalue weighted by atomic mass is 10.1. The minimum absolute atomic E-state index is 0.0861. The van der Waals surface area contributed by atoms with Crippen LogP contribution in [0.5, 0.6) is 5.75 Å². The van der Waals surface area contributed by atoms with Gasteiger partial charge in [-0.1, -0.05) is 18.1 Å². The Labute approximate surface area is 191 Å². The molecule has 0 saturated heterocycles. The van der Waals surface area contributed by atoms with E-state index in [1.807, 2.05) is 18.9 Å². The van der Waals surface area contributed by atoms with E-state index in [2.05, 4.69) is 22.9 Å². The van der Waals surface area contributed by atoms with E-state index in [1.165, 1.54) is 11.7 Å². The summed E-state index contributed by atoms with van der Waals surface area (Å²) in [6, 6.07) is 7.04. The van der Waals surface area contributed by atoms with Crippen LogP contribution in [-0.2, 0) is 20.1 Å². The molecule has 1 unspecified atom stereocenters. The zero-order chi connectivity index (χ0) is 24.3. The number of nitriles is 1. The summed E-state index contributed by atoms with van der Waals surface area (Å²) in [5.41, 5.74) is 6.21. The molecule has 0 bridgehead atoms. The van der Waals surface area contributed by atoms with Crippen molar-refractivity contribution in [3.63, 3.8) is 0 Å². The van der Waals surface area contributed by atoms with Crippen LogP contribution in [0, 0.1) is 23.2 Å². The third kappa shape index (κ3) is 4.34. The van der Waals surface area contributed by atoms with Gasteiger partial charge in [-0.3, -0.25) is 18.5 Å². The lowest BCUT2D eigenvalue weighted by Crippen LogP contribution is -2.40. The molecule has 10 nitrogen and oxygen atoms in total. The number of hydrogen-bond donors (Lipinski definition) is 1. The molecule has 3 aromatic rings. The van der Waals surface area contributed by atoms with E-state index >= 15 is 0 Å². The molecule has 0 aliphatic carbocycles. The van der Waals surface area contributed by atoms with E-state index in [4.69, 9.17) is 10.5 Å². The number of fused-ring (bicyclic) bond motifs is 1. The van der Waals surface area contributed by atoms with Gasteiger partial charge in [-0.15, -0.1) is 5.92 Å². The maximum Gasteiger partial charge on any atom is 0.332 e. The molecular formula is C23H27N7O3. The fourth-order valence-electron chi connectivity index (χ4n) is 3.79. The molecule has 0 spiro atoms. The molecule has 0 amide bonds. The second-order valence-corrected chi connectivity index (χ2v) is 7.79. The van der Waals surface area contributed by atoms with Crippen LogP contribution in [0.25, 0.3) is 11.2 Å². The van der Waals surface area contributed by atoms with E-state index in [0.717, 1.165) is 4.57 Å². The number of hydrogen-bond acceptors (Lipinski definition) is 7. The molecule has 2 heterocycles. The van der Waals surface area contributed by atoms with Crippen LogP contribution >= 0.6 is 0 Å². The monoisotopic (exact) mass is 449 g/mol. The number of nitrogens with two attached hydrogens (primary N) is 1. The first-order valence-electron chi connectivity index (χ1n) is 10.4. The Balaban J connectivity index is 2.30. The topological polar surface area (TPSA) is 124 Å². The molecule has 1 aromatic carbocycles. The van der Waals surface area contributed by atoms with Crippen molar-refractivity contribution < 1.29 is 4.74 Å². The van der Waals surface area contributed by atoms with Crippen LogP contribution in [0.2, 0.25) is 0 Å². The van der Waals surface area contributed by atoms with Gasteiger partial charge in [-0.05, 0) is 25.5 Å². The first-order valence-corrected chi connectivity index (χ1v) is 10.4. The summed E-state index contributed by atoms with van der Waals surface area (Å²) < 4.78 is 9.39. The number of methoxy groups -OCH3 is 1. The zero-order valence-electron chi connectivity index (χ0n) is 19.4. The van der Waals surface area contributed by atoms with Crippen molar-refractivity contribution >= 4 is 17.1 Å². The van der Waals surface area contributed by atoms with Gasteiger partial charge in [0.15, 0.2) is 11.2 Å². The van der Waals surface area contributed by atoms with Gasteiger partial charge in [0.25, 0.3) is 5.56 Å². The average molecular weight is 450 g/mol. The number of anilines is 1. The molecule has 33 heavy (non-hydrogen) atoms. The Morgan fingerprint density at radius 1 is 1.30 bits per heavy atom. The van der Waals surface area contributed by atoms with Gasteiger partial charge in [-0.2, -0.15) is 10.2 Å². The third-order valence-electron chi connectivity index (χ3n) is 5.30. The zero-order valence-corrected chi connectivity index (χ0v) is 19.4. The van der Waals surface area contributed by atoms with Gasteiger partial charge in [0.05, 0.1) is 25.8 Å². The van der Waals surface area contributed by atoms with Crippen LogP contribution in [0.1, 0.15) is 25.0 Å². The van der Waals surface area contributed by atoms with Gasteiger partial charge in [-0.25, -0.2) is 4.79 Å². The summed E-state index contributed by atoms with van der Waals surface area (Å²) >= 11 is 0. The van der Waals surface area contributed by atoms with Crippen molar-refractivity contribution in [1.82, 2.24) is 18.7 Å². The van der Waals surface area contributed by atoms with Crippen molar-refractivity contribution in [3.8, 4) is 23.7 Å². The van der Waals surface area contributed by atoms with E-state index in [-0.39, 0.29) is 35.9 Å². The van der Waals surface area contributed by atoms with Gasteiger partial charge >= 0.3 is 5.69 Å². The summed E-state index contributed by atoms with van der Waals surface area (Å²) in [6.07, 6.45) is 0. The molecule has 0 radical (unpaired) electrons. The van der Waals surface area contributed by atoms with Gasteiger partial charge in [0.2, 0.25) is 5.95 Å². The number of imidazole rings is 1. The lowest BCUT2D eigenvalue weighted by molar-refractivity contribution is 0.412. The average Bonchev–Trinajstić information content (AvgIpc) is 3.18. The molecule has 0 saturated carbocycles. The van der Waals surface area contributed by atoms with E-state index in [1.54, 1.807) is 36.7 Å². The minimum atomic E-state index is -0.535. The third-order valence-corrected chi connectivity index (χ3v) is 5.30. The molecular weight excluding hydrogens is 422 g/mol. The maximum atomic E-state index is 13.6. The smallest absolute Gasteiger partial charge is 0.332 e. The van der Waals surface area contributed by atoms with E-state index in [9.17, 15) is 14.9 Å². The standard InChI is InChI=1S/C23H27N7O3/c1-6-7-11-29-19-20(26-22(29)27(3)13-15(2)25)28(4)23(32)30(21(19)31)14-16-9-8-10-18(33-5)17(16)12-24/h8-10,15H,11,13-14,25H2,1-5H3. The van der Waals surface area contributed by atoms with Crippen molar-refractivity contribution in [2.75, 3.05) is 25.6 Å². The summed E-state index contributed by atoms with van der Waals surface area (Å²) in [7, 11) is 4.85. The highest BCUT2D eigenvalue weighted by Gasteiger charge is 2.23. The SMILES string of the molecule is CC#CCn1c(N(C)CC(C)N)nc2c1c(=O)n(Cc1cccc(OC)c1C#N)c(=O)n2C. The van der Waals surface area contributed by atoms with Crippen LogP contribution in [-0.4, -0.2) is 45.4 Å². The van der Waals surface area contributed by atoms with Gasteiger partial charge in [0.1, 0.15) is 11.8 Å². The Kier molecular flexibility index (Phi) is 6.90. The van der Waals surface area contributed by atoms with Crippen LogP contribution in [0.15, 0.2) is 27.8 Å². The molecule has 0 aliphatic rings. The Morgan fingerprint density at radius 2 is 2.03 bits per heavy atom.